The largest absolute Gasteiger partial charge is 0.394 e. The highest BCUT2D eigenvalue weighted by atomic mass is 19.3. The fraction of sp³-hybridized carbons (Fsp3) is 1.00. The number of aliphatic hydroxyl groups is 1. The summed E-state index contributed by atoms with van der Waals surface area (Å²) in [5, 5.41) is 8.82. The van der Waals surface area contributed by atoms with Gasteiger partial charge in [-0.15, -0.1) is 0 Å². The summed E-state index contributed by atoms with van der Waals surface area (Å²) < 4.78 is 62.7. The quantitative estimate of drug-likeness (QED) is 0.490. The van der Waals surface area contributed by atoms with Crippen LogP contribution in [0.4, 0.5) is 17.6 Å². The summed E-state index contributed by atoms with van der Waals surface area (Å²) in [5.41, 5.74) is 0. The van der Waals surface area contributed by atoms with Crippen LogP contribution in [0.15, 0.2) is 0 Å². The van der Waals surface area contributed by atoms with E-state index in [-0.39, 0.29) is 19.3 Å². The zero-order valence-corrected chi connectivity index (χ0v) is 8.95. The maximum atomic E-state index is 12.4. The first-order valence-corrected chi connectivity index (χ1v) is 5.03. The third-order valence-electron chi connectivity index (χ3n) is 2.04. The van der Waals surface area contributed by atoms with E-state index in [1.165, 1.54) is 0 Å². The molecular formula is C9H14F4O4. The highest BCUT2D eigenvalue weighted by molar-refractivity contribution is 4.70. The number of hydrogen-bond acceptors (Lipinski definition) is 4. The Morgan fingerprint density at radius 1 is 1.41 bits per heavy atom. The first kappa shape index (κ1) is 14.6. The van der Waals surface area contributed by atoms with Gasteiger partial charge >= 0.3 is 12.3 Å². The summed E-state index contributed by atoms with van der Waals surface area (Å²) in [4.78, 5) is 0. The summed E-state index contributed by atoms with van der Waals surface area (Å²) >= 11 is 0. The van der Waals surface area contributed by atoms with E-state index in [9.17, 15) is 17.6 Å². The van der Waals surface area contributed by atoms with Crippen molar-refractivity contribution in [3.63, 3.8) is 0 Å². The van der Waals surface area contributed by atoms with Crippen LogP contribution in [0.2, 0.25) is 0 Å². The molecule has 1 aliphatic heterocycles. The topological polar surface area (TPSA) is 51.2 Å². The maximum Gasteiger partial charge on any atom is 0.330 e. The Labute approximate surface area is 95.4 Å². The molecule has 0 amide bonds. The predicted octanol–water partition coefficient (Wildman–Crippen LogP) is 0.680. The maximum absolute atomic E-state index is 12.4. The van der Waals surface area contributed by atoms with Crippen LogP contribution in [0.1, 0.15) is 0 Å². The van der Waals surface area contributed by atoms with Gasteiger partial charge < -0.3 is 19.3 Å². The molecule has 2 unspecified atom stereocenters. The molecule has 17 heavy (non-hydrogen) atoms. The van der Waals surface area contributed by atoms with Gasteiger partial charge in [-0.05, 0) is 0 Å². The van der Waals surface area contributed by atoms with Gasteiger partial charge in [-0.2, -0.15) is 8.78 Å². The van der Waals surface area contributed by atoms with Crippen LogP contribution in [0.25, 0.3) is 0 Å². The molecule has 0 spiro atoms. The first-order valence-electron chi connectivity index (χ1n) is 5.03. The zero-order valence-electron chi connectivity index (χ0n) is 8.95. The van der Waals surface area contributed by atoms with Gasteiger partial charge in [0.25, 0.3) is 0 Å². The summed E-state index contributed by atoms with van der Waals surface area (Å²) in [6.45, 7) is -1.43. The van der Waals surface area contributed by atoms with Crippen molar-refractivity contribution in [2.24, 2.45) is 0 Å². The van der Waals surface area contributed by atoms with E-state index in [0.717, 1.165) is 0 Å². The van der Waals surface area contributed by atoms with Crippen molar-refractivity contribution in [3.05, 3.63) is 0 Å². The van der Waals surface area contributed by atoms with E-state index >= 15 is 0 Å². The molecular weight excluding hydrogens is 248 g/mol. The van der Waals surface area contributed by atoms with Crippen molar-refractivity contribution in [3.8, 4) is 0 Å². The van der Waals surface area contributed by atoms with Crippen LogP contribution >= 0.6 is 0 Å². The number of halogens is 4. The molecule has 0 saturated carbocycles. The van der Waals surface area contributed by atoms with Crippen molar-refractivity contribution in [1.29, 1.82) is 0 Å². The Hall–Kier alpha value is -0.440. The van der Waals surface area contributed by atoms with E-state index in [2.05, 4.69) is 4.74 Å². The molecule has 0 aromatic heterocycles. The number of alkyl halides is 4. The van der Waals surface area contributed by atoms with Crippen LogP contribution in [-0.4, -0.2) is 62.7 Å². The van der Waals surface area contributed by atoms with Gasteiger partial charge in [0.1, 0.15) is 18.8 Å². The van der Waals surface area contributed by atoms with Gasteiger partial charge in [-0.25, -0.2) is 8.78 Å². The molecule has 1 N–H and O–H groups in total. The standard InChI is InChI=1S/C9H14F4O4/c10-8(11)9(12,13)5-15-2-6(1-14)16-3-7-4-17-7/h6-8,14H,1-5H2. The van der Waals surface area contributed by atoms with Crippen LogP contribution in [0.5, 0.6) is 0 Å². The Bertz CT molecular complexity index is 223. The number of rotatable bonds is 9. The molecule has 1 saturated heterocycles. The van der Waals surface area contributed by atoms with Crippen molar-refractivity contribution < 1.29 is 36.9 Å². The smallest absolute Gasteiger partial charge is 0.330 e. The molecule has 0 aliphatic carbocycles. The minimum Gasteiger partial charge on any atom is -0.394 e. The van der Waals surface area contributed by atoms with Crippen LogP contribution in [0, 0.1) is 0 Å². The molecule has 1 fully saturated rings. The van der Waals surface area contributed by atoms with Crippen molar-refractivity contribution in [1.82, 2.24) is 0 Å². The second kappa shape index (κ2) is 6.48. The fourth-order valence-corrected chi connectivity index (χ4v) is 0.951. The molecule has 0 bridgehead atoms. The number of ether oxygens (including phenoxy) is 3. The molecule has 8 heteroatoms. The molecule has 1 aliphatic rings. The van der Waals surface area contributed by atoms with E-state index < -0.39 is 31.7 Å². The average Bonchev–Trinajstić information content (AvgIpc) is 3.06. The molecule has 0 radical (unpaired) electrons. The molecule has 0 aromatic carbocycles. The van der Waals surface area contributed by atoms with Crippen LogP contribution in [-0.2, 0) is 14.2 Å². The van der Waals surface area contributed by atoms with E-state index in [1.807, 2.05) is 0 Å². The fourth-order valence-electron chi connectivity index (χ4n) is 0.951. The lowest BCUT2D eigenvalue weighted by molar-refractivity contribution is -0.174. The monoisotopic (exact) mass is 262 g/mol. The summed E-state index contributed by atoms with van der Waals surface area (Å²) in [6.07, 6.45) is -4.62. The predicted molar refractivity (Wildman–Crippen MR) is 48.3 cm³/mol. The number of epoxide rings is 1. The molecule has 1 heterocycles. The van der Waals surface area contributed by atoms with Crippen LogP contribution < -0.4 is 0 Å². The summed E-state index contributed by atoms with van der Waals surface area (Å²) in [6, 6.07) is 0. The second-order valence-electron chi connectivity index (χ2n) is 3.67. The molecule has 4 nitrogen and oxygen atoms in total. The minimum atomic E-state index is -4.18. The van der Waals surface area contributed by atoms with Gasteiger partial charge in [0.05, 0.1) is 26.4 Å². The first-order chi connectivity index (χ1) is 7.95. The Balaban J connectivity index is 2.13. The summed E-state index contributed by atoms with van der Waals surface area (Å²) in [5.74, 6) is -4.18. The van der Waals surface area contributed by atoms with Gasteiger partial charge in [-0.1, -0.05) is 0 Å². The van der Waals surface area contributed by atoms with Crippen molar-refractivity contribution in [2.75, 3.05) is 33.0 Å². The Kier molecular flexibility index (Phi) is 5.57. The minimum absolute atomic E-state index is 0.0356. The van der Waals surface area contributed by atoms with Crippen molar-refractivity contribution >= 4 is 0 Å². The lowest BCUT2D eigenvalue weighted by Gasteiger charge is -2.18. The third kappa shape index (κ3) is 5.62. The lowest BCUT2D eigenvalue weighted by Crippen LogP contribution is -2.35. The highest BCUT2D eigenvalue weighted by Crippen LogP contribution is 2.22. The molecule has 2 atom stereocenters. The van der Waals surface area contributed by atoms with E-state index in [4.69, 9.17) is 14.6 Å². The highest BCUT2D eigenvalue weighted by Gasteiger charge is 2.41. The normalized spacial score (nSPS) is 21.9. The SMILES string of the molecule is OCC(COCC(F)(F)C(F)F)OCC1CO1. The van der Waals surface area contributed by atoms with E-state index in [1.54, 1.807) is 0 Å². The van der Waals surface area contributed by atoms with Gasteiger partial charge in [0.2, 0.25) is 0 Å². The second-order valence-corrected chi connectivity index (χ2v) is 3.67. The van der Waals surface area contributed by atoms with Crippen LogP contribution in [0.3, 0.4) is 0 Å². The zero-order chi connectivity index (χ0) is 12.9. The van der Waals surface area contributed by atoms with Gasteiger partial charge in [-0.3, -0.25) is 0 Å². The molecule has 102 valence electrons. The lowest BCUT2D eigenvalue weighted by atomic mass is 10.3. The van der Waals surface area contributed by atoms with E-state index in [0.29, 0.717) is 6.61 Å². The number of hydrogen-bond donors (Lipinski definition) is 1. The van der Waals surface area contributed by atoms with Gasteiger partial charge in [0, 0.05) is 0 Å². The Morgan fingerprint density at radius 2 is 2.06 bits per heavy atom. The molecule has 1 rings (SSSR count). The number of aliphatic hydroxyl groups excluding tert-OH is 1. The average molecular weight is 262 g/mol. The summed E-state index contributed by atoms with van der Waals surface area (Å²) in [7, 11) is 0. The molecule has 0 aromatic rings. The third-order valence-corrected chi connectivity index (χ3v) is 2.04. The van der Waals surface area contributed by atoms with Gasteiger partial charge in [0.15, 0.2) is 0 Å². The Morgan fingerprint density at radius 3 is 2.53 bits per heavy atom. The van der Waals surface area contributed by atoms with Crippen molar-refractivity contribution in [2.45, 2.75) is 24.6 Å².